The van der Waals surface area contributed by atoms with Gasteiger partial charge in [-0.2, -0.15) is 11.8 Å². The van der Waals surface area contributed by atoms with Gasteiger partial charge in [-0.3, -0.25) is 4.79 Å². The molecule has 21 heavy (non-hydrogen) atoms. The molecule has 0 saturated heterocycles. The van der Waals surface area contributed by atoms with Gasteiger partial charge in [-0.25, -0.2) is 0 Å². The van der Waals surface area contributed by atoms with Crippen LogP contribution in [-0.4, -0.2) is 40.9 Å². The van der Waals surface area contributed by atoms with Crippen LogP contribution in [0, 0.1) is 0 Å². The Bertz CT molecular complexity index is 593. The minimum absolute atomic E-state index is 0.237. The number of H-pyrrole nitrogens is 1. The van der Waals surface area contributed by atoms with Crippen LogP contribution in [0.2, 0.25) is 0 Å². The smallest absolute Gasteiger partial charge is 0.222 e. The fraction of sp³-hybridized carbons (Fsp3) is 0.471. The summed E-state index contributed by atoms with van der Waals surface area (Å²) in [5.41, 5.74) is 2.37. The van der Waals surface area contributed by atoms with E-state index in [1.807, 2.05) is 30.3 Å². The molecule has 2 aromatic rings. The van der Waals surface area contributed by atoms with Gasteiger partial charge >= 0.3 is 0 Å². The molecule has 1 aromatic carbocycles. The van der Waals surface area contributed by atoms with Crippen LogP contribution < -0.4 is 0 Å². The summed E-state index contributed by atoms with van der Waals surface area (Å²) in [5.74, 6) is 1.24. The van der Waals surface area contributed by atoms with Crippen LogP contribution in [0.15, 0.2) is 30.5 Å². The topological polar surface area (TPSA) is 36.1 Å². The number of carbonyl (C=O) groups is 1. The van der Waals surface area contributed by atoms with E-state index in [0.717, 1.165) is 24.1 Å². The number of thioether (sulfide) groups is 1. The van der Waals surface area contributed by atoms with Crippen LogP contribution in [0.4, 0.5) is 0 Å². The van der Waals surface area contributed by atoms with Crippen LogP contribution in [0.25, 0.3) is 10.9 Å². The number of para-hydroxylation sites is 1. The molecule has 1 N–H and O–H groups in total. The maximum Gasteiger partial charge on any atom is 0.222 e. The van der Waals surface area contributed by atoms with Crippen molar-refractivity contribution in [3.05, 3.63) is 36.0 Å². The van der Waals surface area contributed by atoms with Gasteiger partial charge in [0.1, 0.15) is 0 Å². The Labute approximate surface area is 131 Å². The van der Waals surface area contributed by atoms with E-state index in [-0.39, 0.29) is 5.91 Å². The van der Waals surface area contributed by atoms with E-state index in [1.54, 1.807) is 11.8 Å². The number of nitrogens with one attached hydrogen (secondary N) is 1. The Balaban J connectivity index is 1.97. The summed E-state index contributed by atoms with van der Waals surface area (Å²) >= 11 is 1.80. The molecule has 1 heterocycles. The quantitative estimate of drug-likeness (QED) is 0.846. The van der Waals surface area contributed by atoms with Crippen molar-refractivity contribution < 1.29 is 4.79 Å². The average Bonchev–Trinajstić information content (AvgIpc) is 2.93. The van der Waals surface area contributed by atoms with E-state index < -0.39 is 0 Å². The first-order valence-corrected chi connectivity index (χ1v) is 8.86. The lowest BCUT2D eigenvalue weighted by molar-refractivity contribution is -0.131. The van der Waals surface area contributed by atoms with Gasteiger partial charge in [0.25, 0.3) is 0 Å². The van der Waals surface area contributed by atoms with E-state index in [1.165, 1.54) is 10.9 Å². The highest BCUT2D eigenvalue weighted by Gasteiger charge is 2.18. The van der Waals surface area contributed by atoms with Gasteiger partial charge in [-0.05, 0) is 30.7 Å². The van der Waals surface area contributed by atoms with E-state index in [0.29, 0.717) is 12.5 Å². The van der Waals surface area contributed by atoms with Gasteiger partial charge in [-0.15, -0.1) is 0 Å². The number of benzene rings is 1. The molecule has 0 aliphatic carbocycles. The zero-order valence-corrected chi connectivity index (χ0v) is 13.9. The molecule has 114 valence electrons. The third kappa shape index (κ3) is 3.82. The second-order valence-corrected chi connectivity index (χ2v) is 6.29. The zero-order valence-electron chi connectivity index (χ0n) is 13.1. The third-order valence-corrected chi connectivity index (χ3v) is 4.77. The van der Waals surface area contributed by atoms with Crippen molar-refractivity contribution in [1.29, 1.82) is 0 Å². The maximum atomic E-state index is 12.4. The van der Waals surface area contributed by atoms with Crippen molar-refractivity contribution in [3.8, 4) is 0 Å². The van der Waals surface area contributed by atoms with Gasteiger partial charge in [0.05, 0.1) is 0 Å². The molecule has 1 aromatic heterocycles. The number of aromatic nitrogens is 1. The van der Waals surface area contributed by atoms with Gasteiger partial charge < -0.3 is 9.88 Å². The second kappa shape index (κ2) is 7.55. The molecule has 0 aliphatic heterocycles. The fourth-order valence-corrected chi connectivity index (χ4v) is 3.50. The first-order chi connectivity index (χ1) is 10.2. The molecule has 4 heteroatoms. The minimum Gasteiger partial charge on any atom is -0.361 e. The summed E-state index contributed by atoms with van der Waals surface area (Å²) in [6, 6.07) is 8.58. The monoisotopic (exact) mass is 304 g/mol. The summed E-state index contributed by atoms with van der Waals surface area (Å²) in [7, 11) is 1.93. The molecule has 0 spiro atoms. The first kappa shape index (κ1) is 16.0. The Hall–Kier alpha value is -1.42. The molecule has 0 radical (unpaired) electrons. The van der Waals surface area contributed by atoms with E-state index in [4.69, 9.17) is 0 Å². The molecule has 2 rings (SSSR count). The summed E-state index contributed by atoms with van der Waals surface area (Å²) in [5, 5.41) is 1.23. The number of hydrogen-bond acceptors (Lipinski definition) is 2. The van der Waals surface area contributed by atoms with Gasteiger partial charge in [0, 0.05) is 42.4 Å². The largest absolute Gasteiger partial charge is 0.361 e. The molecule has 3 nitrogen and oxygen atoms in total. The summed E-state index contributed by atoms with van der Waals surface area (Å²) in [4.78, 5) is 17.5. The van der Waals surface area contributed by atoms with Crippen molar-refractivity contribution in [3.63, 3.8) is 0 Å². The molecule has 0 bridgehead atoms. The highest BCUT2D eigenvalue weighted by molar-refractivity contribution is 7.98. The number of carbonyl (C=O) groups excluding carboxylic acids is 1. The van der Waals surface area contributed by atoms with E-state index >= 15 is 0 Å². The van der Waals surface area contributed by atoms with Crippen LogP contribution in [0.1, 0.15) is 25.3 Å². The number of amides is 1. The summed E-state index contributed by atoms with van der Waals surface area (Å²) in [6.45, 7) is 2.14. The van der Waals surface area contributed by atoms with E-state index in [2.05, 4.69) is 30.3 Å². The van der Waals surface area contributed by atoms with Gasteiger partial charge in [0.15, 0.2) is 0 Å². The van der Waals surface area contributed by atoms with Crippen LogP contribution in [0.3, 0.4) is 0 Å². The Morgan fingerprint density at radius 3 is 2.86 bits per heavy atom. The first-order valence-electron chi connectivity index (χ1n) is 7.47. The lowest BCUT2D eigenvalue weighted by Crippen LogP contribution is -2.38. The molecule has 0 saturated carbocycles. The standard InChI is InChI=1S/C17H24N2OS/c1-4-14(12-21-3)19(2)17(20)10-9-13-11-18-16-8-6-5-7-15(13)16/h5-8,11,14,18H,4,9-10,12H2,1-3H3. The summed E-state index contributed by atoms with van der Waals surface area (Å²) < 4.78 is 0. The number of aromatic amines is 1. The SMILES string of the molecule is CCC(CSC)N(C)C(=O)CCc1c[nH]c2ccccc12. The molecule has 0 fully saturated rings. The van der Waals surface area contributed by atoms with Crippen molar-refractivity contribution >= 4 is 28.6 Å². The molecule has 1 unspecified atom stereocenters. The molecule has 1 amide bonds. The average molecular weight is 304 g/mol. The third-order valence-electron chi connectivity index (χ3n) is 4.05. The number of hydrogen-bond donors (Lipinski definition) is 1. The number of aryl methyl sites for hydroxylation is 1. The highest BCUT2D eigenvalue weighted by Crippen LogP contribution is 2.19. The van der Waals surface area contributed by atoms with Gasteiger partial charge in [-0.1, -0.05) is 25.1 Å². The van der Waals surface area contributed by atoms with Crippen molar-refractivity contribution in [2.75, 3.05) is 19.1 Å². The predicted octanol–water partition coefficient (Wildman–Crippen LogP) is 3.70. The summed E-state index contributed by atoms with van der Waals surface area (Å²) in [6.07, 6.45) is 6.49. The number of rotatable bonds is 7. The minimum atomic E-state index is 0.237. The molecule has 0 aliphatic rings. The Morgan fingerprint density at radius 1 is 1.38 bits per heavy atom. The van der Waals surface area contributed by atoms with Gasteiger partial charge in [0.2, 0.25) is 5.91 Å². The number of nitrogens with zero attached hydrogens (tertiary/aromatic N) is 1. The van der Waals surface area contributed by atoms with Crippen molar-refractivity contribution in [2.24, 2.45) is 0 Å². The van der Waals surface area contributed by atoms with Crippen LogP contribution in [0.5, 0.6) is 0 Å². The highest BCUT2D eigenvalue weighted by atomic mass is 32.2. The van der Waals surface area contributed by atoms with Crippen LogP contribution >= 0.6 is 11.8 Å². The van der Waals surface area contributed by atoms with Crippen molar-refractivity contribution in [2.45, 2.75) is 32.2 Å². The number of fused-ring (bicyclic) bond motifs is 1. The van der Waals surface area contributed by atoms with Crippen molar-refractivity contribution in [1.82, 2.24) is 9.88 Å². The lowest BCUT2D eigenvalue weighted by Gasteiger charge is -2.26. The Morgan fingerprint density at radius 2 is 2.14 bits per heavy atom. The lowest BCUT2D eigenvalue weighted by atomic mass is 10.1. The van der Waals surface area contributed by atoms with Crippen LogP contribution in [-0.2, 0) is 11.2 Å². The fourth-order valence-electron chi connectivity index (χ4n) is 2.66. The normalized spacial score (nSPS) is 12.5. The maximum absolute atomic E-state index is 12.4. The van der Waals surface area contributed by atoms with E-state index in [9.17, 15) is 4.79 Å². The predicted molar refractivity (Wildman–Crippen MR) is 91.9 cm³/mol. The molecule has 1 atom stereocenters. The molecular weight excluding hydrogens is 280 g/mol. The second-order valence-electron chi connectivity index (χ2n) is 5.38. The Kier molecular flexibility index (Phi) is 5.74. The zero-order chi connectivity index (χ0) is 15.2. The molecular formula is C17H24N2OS.